The molecule has 0 radical (unpaired) electrons. The largest absolute Gasteiger partial charge is 0.494 e. The maximum Gasteiger partial charge on any atom is 0.119 e. The third-order valence-corrected chi connectivity index (χ3v) is 4.57. The lowest BCUT2D eigenvalue weighted by molar-refractivity contribution is 0.288. The van der Waals surface area contributed by atoms with Crippen molar-refractivity contribution in [3.05, 3.63) is 51.1 Å². The second-order valence-electron chi connectivity index (χ2n) is 3.80. The number of para-hydroxylation sites is 1. The van der Waals surface area contributed by atoms with Crippen molar-refractivity contribution in [3.8, 4) is 5.75 Å². The molecule has 0 aliphatic heterocycles. The summed E-state index contributed by atoms with van der Waals surface area (Å²) >= 11 is 5.20. The fourth-order valence-corrected chi connectivity index (χ4v) is 3.40. The first-order chi connectivity index (χ1) is 8.81. The Labute approximate surface area is 119 Å². The van der Waals surface area contributed by atoms with Gasteiger partial charge in [0.05, 0.1) is 12.6 Å². The predicted molar refractivity (Wildman–Crippen MR) is 78.6 cm³/mol. The standard InChI is InChI=1S/C13H15BrN2OS/c14-11-7-9-18-13(11)12(16-15)6-8-17-10-4-2-1-3-5-10/h1-5,7,9,12,16H,6,8,15H2. The molecule has 96 valence electrons. The van der Waals surface area contributed by atoms with Gasteiger partial charge in [0, 0.05) is 15.8 Å². The first kappa shape index (κ1) is 13.5. The molecule has 0 fully saturated rings. The van der Waals surface area contributed by atoms with Gasteiger partial charge in [-0.2, -0.15) is 0 Å². The van der Waals surface area contributed by atoms with Crippen LogP contribution in [0.3, 0.4) is 0 Å². The van der Waals surface area contributed by atoms with Crippen LogP contribution in [-0.4, -0.2) is 6.61 Å². The summed E-state index contributed by atoms with van der Waals surface area (Å²) in [5.74, 6) is 6.48. The van der Waals surface area contributed by atoms with Crippen LogP contribution in [0.2, 0.25) is 0 Å². The molecule has 0 aliphatic carbocycles. The van der Waals surface area contributed by atoms with E-state index in [0.29, 0.717) is 6.61 Å². The summed E-state index contributed by atoms with van der Waals surface area (Å²) in [5.41, 5.74) is 2.83. The van der Waals surface area contributed by atoms with Crippen LogP contribution in [-0.2, 0) is 0 Å². The van der Waals surface area contributed by atoms with E-state index in [1.807, 2.05) is 41.8 Å². The highest BCUT2D eigenvalue weighted by atomic mass is 79.9. The SMILES string of the molecule is NNC(CCOc1ccccc1)c1sccc1Br. The van der Waals surface area contributed by atoms with E-state index in [0.717, 1.165) is 16.6 Å². The summed E-state index contributed by atoms with van der Waals surface area (Å²) in [6.45, 7) is 0.628. The van der Waals surface area contributed by atoms with Crippen molar-refractivity contribution < 1.29 is 4.74 Å². The number of rotatable bonds is 6. The van der Waals surface area contributed by atoms with Crippen LogP contribution in [0.4, 0.5) is 0 Å². The average Bonchev–Trinajstić information content (AvgIpc) is 2.82. The first-order valence-electron chi connectivity index (χ1n) is 5.68. The molecule has 1 unspecified atom stereocenters. The molecule has 1 aromatic heterocycles. The lowest BCUT2D eigenvalue weighted by Gasteiger charge is -2.15. The van der Waals surface area contributed by atoms with Crippen LogP contribution < -0.4 is 16.0 Å². The Morgan fingerprint density at radius 1 is 1.28 bits per heavy atom. The van der Waals surface area contributed by atoms with Crippen LogP contribution in [0.25, 0.3) is 0 Å². The molecule has 0 aliphatic rings. The molecule has 2 rings (SSSR count). The Morgan fingerprint density at radius 2 is 2.06 bits per heavy atom. The smallest absolute Gasteiger partial charge is 0.119 e. The molecule has 0 bridgehead atoms. The van der Waals surface area contributed by atoms with E-state index in [1.54, 1.807) is 11.3 Å². The van der Waals surface area contributed by atoms with Crippen molar-refractivity contribution in [2.24, 2.45) is 5.84 Å². The number of thiophene rings is 1. The van der Waals surface area contributed by atoms with Gasteiger partial charge in [0.1, 0.15) is 5.75 Å². The molecule has 0 saturated carbocycles. The zero-order chi connectivity index (χ0) is 12.8. The minimum atomic E-state index is 0.114. The average molecular weight is 327 g/mol. The Kier molecular flexibility index (Phi) is 5.19. The summed E-state index contributed by atoms with van der Waals surface area (Å²) in [4.78, 5) is 1.20. The minimum absolute atomic E-state index is 0.114. The fourth-order valence-electron chi connectivity index (χ4n) is 1.66. The molecule has 1 atom stereocenters. The van der Waals surface area contributed by atoms with Crippen molar-refractivity contribution in [2.75, 3.05) is 6.61 Å². The summed E-state index contributed by atoms with van der Waals surface area (Å²) in [7, 11) is 0. The van der Waals surface area contributed by atoms with Gasteiger partial charge in [-0.1, -0.05) is 18.2 Å². The van der Waals surface area contributed by atoms with Gasteiger partial charge in [-0.15, -0.1) is 11.3 Å². The number of nitrogens with one attached hydrogen (secondary N) is 1. The molecule has 3 N–H and O–H groups in total. The summed E-state index contributed by atoms with van der Waals surface area (Å²) in [5, 5.41) is 2.04. The number of hydrogen-bond acceptors (Lipinski definition) is 4. The molecular formula is C13H15BrN2OS. The zero-order valence-corrected chi connectivity index (χ0v) is 12.2. The van der Waals surface area contributed by atoms with Gasteiger partial charge in [-0.05, 0) is 39.5 Å². The Bertz CT molecular complexity index is 475. The van der Waals surface area contributed by atoms with Crippen molar-refractivity contribution in [1.82, 2.24) is 5.43 Å². The first-order valence-corrected chi connectivity index (χ1v) is 7.35. The van der Waals surface area contributed by atoms with E-state index in [2.05, 4.69) is 21.4 Å². The molecule has 3 nitrogen and oxygen atoms in total. The van der Waals surface area contributed by atoms with Gasteiger partial charge >= 0.3 is 0 Å². The van der Waals surface area contributed by atoms with E-state index >= 15 is 0 Å². The van der Waals surface area contributed by atoms with Crippen LogP contribution in [0.5, 0.6) is 5.75 Å². The number of ether oxygens (including phenoxy) is 1. The Balaban J connectivity index is 1.87. The molecule has 18 heavy (non-hydrogen) atoms. The molecule has 0 saturated heterocycles. The van der Waals surface area contributed by atoms with Gasteiger partial charge in [0.2, 0.25) is 0 Å². The van der Waals surface area contributed by atoms with E-state index in [9.17, 15) is 0 Å². The lowest BCUT2D eigenvalue weighted by atomic mass is 10.2. The number of nitrogens with two attached hydrogens (primary N) is 1. The Hall–Kier alpha value is -0.880. The monoisotopic (exact) mass is 326 g/mol. The van der Waals surface area contributed by atoms with Gasteiger partial charge in [-0.3, -0.25) is 11.3 Å². The highest BCUT2D eigenvalue weighted by Gasteiger charge is 2.14. The lowest BCUT2D eigenvalue weighted by Crippen LogP contribution is -2.28. The van der Waals surface area contributed by atoms with E-state index in [4.69, 9.17) is 10.6 Å². The number of hydrogen-bond donors (Lipinski definition) is 2. The van der Waals surface area contributed by atoms with E-state index in [1.165, 1.54) is 4.88 Å². The third kappa shape index (κ3) is 3.55. The van der Waals surface area contributed by atoms with Crippen molar-refractivity contribution in [2.45, 2.75) is 12.5 Å². The third-order valence-electron chi connectivity index (χ3n) is 2.58. The molecule has 0 amide bonds. The molecule has 1 aromatic carbocycles. The number of halogens is 1. The summed E-state index contributed by atoms with van der Waals surface area (Å²) < 4.78 is 6.76. The normalized spacial score (nSPS) is 12.3. The molecule has 5 heteroatoms. The van der Waals surface area contributed by atoms with Crippen molar-refractivity contribution >= 4 is 27.3 Å². The van der Waals surface area contributed by atoms with Gasteiger partial charge in [0.25, 0.3) is 0 Å². The number of benzene rings is 1. The zero-order valence-electron chi connectivity index (χ0n) is 9.80. The quantitative estimate of drug-likeness (QED) is 0.631. The summed E-state index contributed by atoms with van der Waals surface area (Å²) in [6.07, 6.45) is 0.824. The topological polar surface area (TPSA) is 47.3 Å². The van der Waals surface area contributed by atoms with E-state index < -0.39 is 0 Å². The molecule has 0 spiro atoms. The highest BCUT2D eigenvalue weighted by molar-refractivity contribution is 9.10. The predicted octanol–water partition coefficient (Wildman–Crippen LogP) is 3.48. The van der Waals surface area contributed by atoms with Crippen LogP contribution >= 0.6 is 27.3 Å². The summed E-state index contributed by atoms with van der Waals surface area (Å²) in [6, 6.07) is 11.9. The molecule has 1 heterocycles. The second kappa shape index (κ2) is 6.89. The van der Waals surface area contributed by atoms with Crippen molar-refractivity contribution in [3.63, 3.8) is 0 Å². The van der Waals surface area contributed by atoms with E-state index in [-0.39, 0.29) is 6.04 Å². The Morgan fingerprint density at radius 3 is 2.67 bits per heavy atom. The van der Waals surface area contributed by atoms with Crippen LogP contribution in [0.1, 0.15) is 17.3 Å². The second-order valence-corrected chi connectivity index (χ2v) is 5.60. The van der Waals surface area contributed by atoms with Gasteiger partial charge < -0.3 is 4.74 Å². The van der Waals surface area contributed by atoms with Crippen LogP contribution in [0, 0.1) is 0 Å². The van der Waals surface area contributed by atoms with Gasteiger partial charge in [0.15, 0.2) is 0 Å². The fraction of sp³-hybridized carbons (Fsp3) is 0.231. The van der Waals surface area contributed by atoms with Crippen LogP contribution in [0.15, 0.2) is 46.3 Å². The highest BCUT2D eigenvalue weighted by Crippen LogP contribution is 2.30. The molecule has 2 aromatic rings. The molecular weight excluding hydrogens is 312 g/mol. The van der Waals surface area contributed by atoms with Crippen molar-refractivity contribution in [1.29, 1.82) is 0 Å². The van der Waals surface area contributed by atoms with Gasteiger partial charge in [-0.25, -0.2) is 0 Å². The maximum atomic E-state index is 5.67. The minimum Gasteiger partial charge on any atom is -0.494 e. The maximum absolute atomic E-state index is 5.67. The number of hydrazine groups is 1.